The number of carboxylic acids is 1. The third-order valence-corrected chi connectivity index (χ3v) is 4.88. The number of nitrogens with two attached hydrogens (primary N) is 2. The molecule has 0 aliphatic rings. The highest BCUT2D eigenvalue weighted by Gasteiger charge is 2.32. The van der Waals surface area contributed by atoms with Crippen LogP contribution >= 0.6 is 0 Å². The predicted molar refractivity (Wildman–Crippen MR) is 116 cm³/mol. The summed E-state index contributed by atoms with van der Waals surface area (Å²) in [7, 11) is 0. The number of rotatable bonds is 14. The minimum atomic E-state index is -1.21. The number of aliphatic hydroxyl groups excluding tert-OH is 1. The molecule has 0 bridgehead atoms. The van der Waals surface area contributed by atoms with Crippen molar-refractivity contribution in [3.8, 4) is 0 Å². The number of carboxylic acid groups (broad SMARTS) is 1. The molecule has 5 atom stereocenters. The summed E-state index contributed by atoms with van der Waals surface area (Å²) < 4.78 is 0. The highest BCUT2D eigenvalue weighted by atomic mass is 16.4. The van der Waals surface area contributed by atoms with E-state index < -0.39 is 54.0 Å². The summed E-state index contributed by atoms with van der Waals surface area (Å²) in [5.41, 5.74) is 11.1. The molecule has 0 aromatic rings. The van der Waals surface area contributed by atoms with Crippen LogP contribution in [0.3, 0.4) is 0 Å². The Balaban J connectivity index is 5.42. The second-order valence-corrected chi connectivity index (χ2v) is 8.41. The second-order valence-electron chi connectivity index (χ2n) is 8.41. The molecule has 3 amide bonds. The lowest BCUT2D eigenvalue weighted by atomic mass is 9.99. The zero-order valence-corrected chi connectivity index (χ0v) is 19.1. The number of carbonyl (C=O) groups is 4. The van der Waals surface area contributed by atoms with Gasteiger partial charge >= 0.3 is 5.97 Å². The lowest BCUT2D eigenvalue weighted by Gasteiger charge is -2.28. The molecular formula is C20H39N5O6. The van der Waals surface area contributed by atoms with E-state index in [9.17, 15) is 29.4 Å². The first kappa shape index (κ1) is 28.8. The summed E-state index contributed by atoms with van der Waals surface area (Å²) in [5, 5.41) is 26.4. The Bertz CT molecular complexity index is 611. The molecule has 11 heteroatoms. The van der Waals surface area contributed by atoms with Crippen molar-refractivity contribution in [2.75, 3.05) is 6.54 Å². The number of amides is 3. The number of unbranched alkanes of at least 4 members (excludes halogenated alkanes) is 1. The molecule has 0 saturated heterocycles. The average molecular weight is 446 g/mol. The minimum Gasteiger partial charge on any atom is -0.480 e. The van der Waals surface area contributed by atoms with Gasteiger partial charge in [-0.05, 0) is 44.6 Å². The molecule has 0 rings (SSSR count). The Morgan fingerprint density at radius 3 is 1.74 bits per heavy atom. The van der Waals surface area contributed by atoms with Crippen molar-refractivity contribution in [3.05, 3.63) is 0 Å². The van der Waals surface area contributed by atoms with E-state index in [0.29, 0.717) is 19.4 Å². The van der Waals surface area contributed by atoms with E-state index >= 15 is 0 Å². The van der Waals surface area contributed by atoms with Crippen molar-refractivity contribution in [2.24, 2.45) is 23.3 Å². The fourth-order valence-corrected chi connectivity index (χ4v) is 2.79. The summed E-state index contributed by atoms with van der Waals surface area (Å²) >= 11 is 0. The quantitative estimate of drug-likeness (QED) is 0.160. The third kappa shape index (κ3) is 10.1. The minimum absolute atomic E-state index is 0.261. The molecular weight excluding hydrogens is 406 g/mol. The predicted octanol–water partition coefficient (Wildman–Crippen LogP) is -1.33. The zero-order valence-electron chi connectivity index (χ0n) is 19.1. The third-order valence-electron chi connectivity index (χ3n) is 4.88. The van der Waals surface area contributed by atoms with Crippen LogP contribution < -0.4 is 27.4 Å². The summed E-state index contributed by atoms with van der Waals surface area (Å²) in [6, 6.07) is -4.31. The first-order valence-corrected chi connectivity index (χ1v) is 10.6. The molecule has 11 nitrogen and oxygen atoms in total. The van der Waals surface area contributed by atoms with Crippen LogP contribution in [0.15, 0.2) is 0 Å². The SMILES string of the molecule is CC(C)C(NC(=O)C(NC(=O)C(CCCCN)NC(=O)C(N)C(C)O)C(C)C)C(=O)O. The van der Waals surface area contributed by atoms with Crippen LogP contribution in [-0.4, -0.2) is 70.7 Å². The number of aliphatic hydroxyl groups is 1. The largest absolute Gasteiger partial charge is 0.480 e. The number of carbonyl (C=O) groups excluding carboxylic acids is 3. The highest BCUT2D eigenvalue weighted by molar-refractivity contribution is 5.94. The fourth-order valence-electron chi connectivity index (χ4n) is 2.79. The monoisotopic (exact) mass is 445 g/mol. The van der Waals surface area contributed by atoms with E-state index in [2.05, 4.69) is 16.0 Å². The molecule has 0 aliphatic carbocycles. The Morgan fingerprint density at radius 1 is 0.806 bits per heavy atom. The van der Waals surface area contributed by atoms with E-state index in [-0.39, 0.29) is 18.3 Å². The van der Waals surface area contributed by atoms with Crippen molar-refractivity contribution in [1.29, 1.82) is 0 Å². The molecule has 0 aromatic heterocycles. The Morgan fingerprint density at radius 2 is 1.32 bits per heavy atom. The van der Waals surface area contributed by atoms with Crippen LogP contribution in [0, 0.1) is 11.8 Å². The lowest BCUT2D eigenvalue weighted by Crippen LogP contribution is -2.59. The molecule has 0 saturated carbocycles. The van der Waals surface area contributed by atoms with E-state index in [1.165, 1.54) is 6.92 Å². The van der Waals surface area contributed by atoms with Crippen molar-refractivity contribution in [3.63, 3.8) is 0 Å². The van der Waals surface area contributed by atoms with E-state index in [1.54, 1.807) is 27.7 Å². The van der Waals surface area contributed by atoms with Crippen molar-refractivity contribution in [1.82, 2.24) is 16.0 Å². The normalized spacial score (nSPS) is 16.2. The van der Waals surface area contributed by atoms with Gasteiger partial charge in [0.2, 0.25) is 17.7 Å². The zero-order chi connectivity index (χ0) is 24.3. The van der Waals surface area contributed by atoms with Gasteiger partial charge in [0.15, 0.2) is 0 Å². The maximum Gasteiger partial charge on any atom is 0.326 e. The van der Waals surface area contributed by atoms with Gasteiger partial charge in [0.05, 0.1) is 6.10 Å². The molecule has 0 fully saturated rings. The van der Waals surface area contributed by atoms with Gasteiger partial charge in [-0.2, -0.15) is 0 Å². The molecule has 0 aliphatic heterocycles. The standard InChI is InChI=1S/C20H39N5O6/c1-10(2)15(19(29)25-16(11(3)4)20(30)31)24-17(27)13(8-6-7-9-21)23-18(28)14(22)12(5)26/h10-16,26H,6-9,21-22H2,1-5H3,(H,23,28)(H,24,27)(H,25,29)(H,30,31). The highest BCUT2D eigenvalue weighted by Crippen LogP contribution is 2.09. The fraction of sp³-hybridized carbons (Fsp3) is 0.800. The van der Waals surface area contributed by atoms with Crippen molar-refractivity contribution in [2.45, 2.75) is 84.2 Å². The van der Waals surface area contributed by atoms with Gasteiger partial charge in [-0.1, -0.05) is 27.7 Å². The summed E-state index contributed by atoms with van der Waals surface area (Å²) in [5.74, 6) is -3.79. The summed E-state index contributed by atoms with van der Waals surface area (Å²) in [6.07, 6.45) is 0.333. The second kappa shape index (κ2) is 13.9. The number of hydrogen-bond donors (Lipinski definition) is 7. The Kier molecular flexibility index (Phi) is 12.9. The molecule has 0 aromatic carbocycles. The van der Waals surface area contributed by atoms with Crippen molar-refractivity contribution < 1.29 is 29.4 Å². The van der Waals surface area contributed by atoms with Crippen LogP contribution in [0.2, 0.25) is 0 Å². The molecule has 5 unspecified atom stereocenters. The van der Waals surface area contributed by atoms with Gasteiger partial charge in [0, 0.05) is 0 Å². The van der Waals surface area contributed by atoms with Crippen LogP contribution in [0.25, 0.3) is 0 Å². The summed E-state index contributed by atoms with van der Waals surface area (Å²) in [6.45, 7) is 8.52. The topological polar surface area (TPSA) is 197 Å². The van der Waals surface area contributed by atoms with Gasteiger partial charge in [-0.3, -0.25) is 14.4 Å². The van der Waals surface area contributed by atoms with E-state index in [4.69, 9.17) is 11.5 Å². The summed E-state index contributed by atoms with van der Waals surface area (Å²) in [4.78, 5) is 49.2. The van der Waals surface area contributed by atoms with Crippen LogP contribution in [-0.2, 0) is 19.2 Å². The maximum atomic E-state index is 12.9. The molecule has 9 N–H and O–H groups in total. The van der Waals surface area contributed by atoms with E-state index in [0.717, 1.165) is 0 Å². The van der Waals surface area contributed by atoms with Crippen LogP contribution in [0.1, 0.15) is 53.9 Å². The van der Waals surface area contributed by atoms with Gasteiger partial charge in [-0.15, -0.1) is 0 Å². The van der Waals surface area contributed by atoms with Gasteiger partial charge < -0.3 is 37.6 Å². The number of hydrogen-bond acceptors (Lipinski definition) is 7. The van der Waals surface area contributed by atoms with Gasteiger partial charge in [-0.25, -0.2) is 4.79 Å². The van der Waals surface area contributed by atoms with Gasteiger partial charge in [0.1, 0.15) is 24.2 Å². The number of aliphatic carboxylic acids is 1. The Labute approximate surface area is 183 Å². The van der Waals surface area contributed by atoms with Gasteiger partial charge in [0.25, 0.3) is 0 Å². The van der Waals surface area contributed by atoms with Crippen LogP contribution in [0.4, 0.5) is 0 Å². The van der Waals surface area contributed by atoms with Crippen molar-refractivity contribution >= 4 is 23.7 Å². The molecule has 0 heterocycles. The Hall–Kier alpha value is -2.24. The van der Waals surface area contributed by atoms with Crippen LogP contribution in [0.5, 0.6) is 0 Å². The molecule has 0 spiro atoms. The lowest BCUT2D eigenvalue weighted by molar-refractivity contribution is -0.144. The molecule has 31 heavy (non-hydrogen) atoms. The first-order chi connectivity index (χ1) is 14.3. The molecule has 0 radical (unpaired) electrons. The number of nitrogens with one attached hydrogen (secondary N) is 3. The smallest absolute Gasteiger partial charge is 0.326 e. The first-order valence-electron chi connectivity index (χ1n) is 10.6. The van der Waals surface area contributed by atoms with E-state index in [1.807, 2.05) is 0 Å². The maximum absolute atomic E-state index is 12.9. The average Bonchev–Trinajstić information content (AvgIpc) is 2.67. The molecule has 180 valence electrons.